The minimum atomic E-state index is -0.457. The van der Waals surface area contributed by atoms with Crippen molar-refractivity contribution in [1.82, 2.24) is 0 Å². The van der Waals surface area contributed by atoms with Gasteiger partial charge >= 0.3 is 0 Å². The molecule has 1 spiro atoms. The second-order valence-electron chi connectivity index (χ2n) is 7.92. The first-order chi connectivity index (χ1) is 8.69. The summed E-state index contributed by atoms with van der Waals surface area (Å²) in [5.41, 5.74) is 1.71. The maximum atomic E-state index is 6.27. The first-order valence-electron chi connectivity index (χ1n) is 7.18. The van der Waals surface area contributed by atoms with E-state index in [0.717, 1.165) is 24.3 Å². The largest absolute Gasteiger partial charge is 0.448 e. The van der Waals surface area contributed by atoms with Crippen molar-refractivity contribution in [3.63, 3.8) is 0 Å². The van der Waals surface area contributed by atoms with E-state index in [1.165, 1.54) is 12.0 Å². The number of rotatable bonds is 0. The van der Waals surface area contributed by atoms with Crippen LogP contribution >= 0.6 is 0 Å². The summed E-state index contributed by atoms with van der Waals surface area (Å²) < 4.78 is 12.5. The molecule has 1 aliphatic carbocycles. The van der Waals surface area contributed by atoms with Crippen LogP contribution in [0.15, 0.2) is 18.2 Å². The van der Waals surface area contributed by atoms with Gasteiger partial charge in [-0.3, -0.25) is 0 Å². The second kappa shape index (κ2) is 3.68. The van der Waals surface area contributed by atoms with E-state index in [4.69, 9.17) is 9.47 Å². The molecular formula is C17H24O2. The molecule has 1 aliphatic heterocycles. The van der Waals surface area contributed by atoms with E-state index in [1.54, 1.807) is 0 Å². The monoisotopic (exact) mass is 260 g/mol. The molecule has 0 saturated heterocycles. The predicted molar refractivity (Wildman–Crippen MR) is 76.6 cm³/mol. The first kappa shape index (κ1) is 12.8. The Morgan fingerprint density at radius 2 is 1.42 bits per heavy atom. The van der Waals surface area contributed by atoms with Gasteiger partial charge in [-0.15, -0.1) is 0 Å². The highest BCUT2D eigenvalue weighted by Crippen LogP contribution is 2.55. The molecule has 0 bridgehead atoms. The number of hydrogen-bond donors (Lipinski definition) is 0. The lowest BCUT2D eigenvalue weighted by molar-refractivity contribution is -0.165. The summed E-state index contributed by atoms with van der Waals surface area (Å²) in [7, 11) is 0. The fraction of sp³-hybridized carbons (Fsp3) is 0.647. The summed E-state index contributed by atoms with van der Waals surface area (Å²) >= 11 is 0. The lowest BCUT2D eigenvalue weighted by Crippen LogP contribution is -2.51. The number of ether oxygens (including phenoxy) is 2. The third-order valence-electron chi connectivity index (χ3n) is 4.14. The van der Waals surface area contributed by atoms with Crippen LogP contribution in [0.1, 0.15) is 52.5 Å². The number of hydrogen-bond acceptors (Lipinski definition) is 2. The zero-order chi connectivity index (χ0) is 13.9. The fourth-order valence-corrected chi connectivity index (χ4v) is 4.29. The Labute approximate surface area is 116 Å². The maximum Gasteiger partial charge on any atom is 0.252 e. The number of aryl methyl sites for hydroxylation is 1. The van der Waals surface area contributed by atoms with Crippen LogP contribution in [-0.4, -0.2) is 5.79 Å². The minimum absolute atomic E-state index is 0.249. The molecule has 1 aromatic carbocycles. The predicted octanol–water partition coefficient (Wildman–Crippen LogP) is 4.70. The highest BCUT2D eigenvalue weighted by Gasteiger charge is 2.53. The molecule has 2 nitrogen and oxygen atoms in total. The Bertz CT molecular complexity index is 498. The molecule has 104 valence electrons. The minimum Gasteiger partial charge on any atom is -0.448 e. The van der Waals surface area contributed by atoms with Gasteiger partial charge in [-0.05, 0) is 41.9 Å². The van der Waals surface area contributed by atoms with Crippen molar-refractivity contribution >= 4 is 0 Å². The smallest absolute Gasteiger partial charge is 0.252 e. The lowest BCUT2D eigenvalue weighted by Gasteiger charge is -2.48. The van der Waals surface area contributed by atoms with Crippen LogP contribution in [-0.2, 0) is 0 Å². The highest BCUT2D eigenvalue weighted by atomic mass is 16.7. The fourth-order valence-electron chi connectivity index (χ4n) is 4.29. The van der Waals surface area contributed by atoms with E-state index in [1.807, 2.05) is 6.07 Å². The topological polar surface area (TPSA) is 18.5 Å². The molecule has 19 heavy (non-hydrogen) atoms. The van der Waals surface area contributed by atoms with Gasteiger partial charge in [-0.25, -0.2) is 0 Å². The zero-order valence-corrected chi connectivity index (χ0v) is 12.7. The van der Waals surface area contributed by atoms with Gasteiger partial charge in [0.2, 0.25) is 0 Å². The van der Waals surface area contributed by atoms with E-state index in [2.05, 4.69) is 46.8 Å². The molecule has 1 heterocycles. The summed E-state index contributed by atoms with van der Waals surface area (Å²) in [6.07, 6.45) is 3.12. The molecule has 2 heteroatoms. The van der Waals surface area contributed by atoms with Gasteiger partial charge in [0, 0.05) is 12.8 Å². The average Bonchev–Trinajstić information content (AvgIpc) is 2.47. The van der Waals surface area contributed by atoms with E-state index >= 15 is 0 Å². The van der Waals surface area contributed by atoms with Crippen LogP contribution in [0, 0.1) is 17.8 Å². The van der Waals surface area contributed by atoms with E-state index in [0.29, 0.717) is 0 Å². The first-order valence-corrected chi connectivity index (χ1v) is 7.18. The zero-order valence-electron chi connectivity index (χ0n) is 12.7. The molecule has 0 N–H and O–H groups in total. The Kier molecular flexibility index (Phi) is 2.49. The van der Waals surface area contributed by atoms with Gasteiger partial charge in [0.1, 0.15) is 0 Å². The van der Waals surface area contributed by atoms with Gasteiger partial charge in [0.25, 0.3) is 5.79 Å². The van der Waals surface area contributed by atoms with E-state index < -0.39 is 5.79 Å². The summed E-state index contributed by atoms with van der Waals surface area (Å²) in [6.45, 7) is 11.4. The van der Waals surface area contributed by atoms with Crippen LogP contribution in [0.3, 0.4) is 0 Å². The quantitative estimate of drug-likeness (QED) is 0.673. The molecule has 0 unspecified atom stereocenters. The van der Waals surface area contributed by atoms with Crippen molar-refractivity contribution in [2.75, 3.05) is 0 Å². The van der Waals surface area contributed by atoms with Crippen molar-refractivity contribution in [2.24, 2.45) is 10.8 Å². The standard InChI is InChI=1S/C17H24O2/c1-12-6-7-13-14(8-12)19-17(18-13)10-15(2,3)9-16(4,5)11-17/h6-8H,9-11H2,1-5H3. The summed E-state index contributed by atoms with van der Waals surface area (Å²) in [4.78, 5) is 0. The van der Waals surface area contributed by atoms with Gasteiger partial charge in [0.05, 0.1) is 0 Å². The van der Waals surface area contributed by atoms with Crippen molar-refractivity contribution in [3.05, 3.63) is 23.8 Å². The van der Waals surface area contributed by atoms with Crippen LogP contribution in [0.5, 0.6) is 11.5 Å². The van der Waals surface area contributed by atoms with Crippen LogP contribution in [0.4, 0.5) is 0 Å². The van der Waals surface area contributed by atoms with Crippen LogP contribution in [0.25, 0.3) is 0 Å². The molecule has 0 radical (unpaired) electrons. The third-order valence-corrected chi connectivity index (χ3v) is 4.14. The third kappa shape index (κ3) is 2.33. The lowest BCUT2D eigenvalue weighted by atomic mass is 9.63. The molecule has 0 amide bonds. The van der Waals surface area contributed by atoms with Gasteiger partial charge in [-0.2, -0.15) is 0 Å². The van der Waals surface area contributed by atoms with Crippen molar-refractivity contribution < 1.29 is 9.47 Å². The number of benzene rings is 1. The summed E-state index contributed by atoms with van der Waals surface area (Å²) in [5.74, 6) is 1.36. The number of fused-ring (bicyclic) bond motifs is 1. The molecule has 3 rings (SSSR count). The SMILES string of the molecule is Cc1ccc2c(c1)OC1(CC(C)(C)CC(C)(C)C1)O2. The Morgan fingerprint density at radius 3 is 2.05 bits per heavy atom. The van der Waals surface area contributed by atoms with Crippen LogP contribution < -0.4 is 9.47 Å². The normalized spacial score (nSPS) is 25.5. The molecule has 1 saturated carbocycles. The van der Waals surface area contributed by atoms with Gasteiger partial charge < -0.3 is 9.47 Å². The molecule has 1 aromatic rings. The van der Waals surface area contributed by atoms with Crippen molar-refractivity contribution in [2.45, 2.75) is 59.7 Å². The van der Waals surface area contributed by atoms with Crippen molar-refractivity contribution in [3.8, 4) is 11.5 Å². The maximum absolute atomic E-state index is 6.27. The highest BCUT2D eigenvalue weighted by molar-refractivity contribution is 5.45. The Balaban J connectivity index is 1.94. The Morgan fingerprint density at radius 1 is 0.842 bits per heavy atom. The van der Waals surface area contributed by atoms with Crippen LogP contribution in [0.2, 0.25) is 0 Å². The summed E-state index contributed by atoms with van der Waals surface area (Å²) in [5, 5.41) is 0. The van der Waals surface area contributed by atoms with Gasteiger partial charge in [0.15, 0.2) is 11.5 Å². The Hall–Kier alpha value is -1.18. The molecule has 1 fully saturated rings. The summed E-state index contributed by atoms with van der Waals surface area (Å²) in [6, 6.07) is 6.20. The van der Waals surface area contributed by atoms with Gasteiger partial charge in [-0.1, -0.05) is 33.8 Å². The second-order valence-corrected chi connectivity index (χ2v) is 7.92. The van der Waals surface area contributed by atoms with E-state index in [9.17, 15) is 0 Å². The molecule has 2 aliphatic rings. The molecular weight excluding hydrogens is 236 g/mol. The van der Waals surface area contributed by atoms with E-state index in [-0.39, 0.29) is 10.8 Å². The average molecular weight is 260 g/mol. The molecule has 0 aromatic heterocycles. The van der Waals surface area contributed by atoms with Crippen molar-refractivity contribution in [1.29, 1.82) is 0 Å². The molecule has 0 atom stereocenters.